The van der Waals surface area contributed by atoms with Gasteiger partial charge in [-0.15, -0.1) is 0 Å². The highest BCUT2D eigenvalue weighted by Crippen LogP contribution is 2.43. The fourth-order valence-electron chi connectivity index (χ4n) is 3.20. The van der Waals surface area contributed by atoms with E-state index in [1.54, 1.807) is 0 Å². The molecule has 1 aliphatic carbocycles. The zero-order chi connectivity index (χ0) is 10.7. The van der Waals surface area contributed by atoms with Crippen LogP contribution >= 0.6 is 0 Å². The molecule has 0 unspecified atom stereocenters. The summed E-state index contributed by atoms with van der Waals surface area (Å²) in [5, 5.41) is 12.2. The molecule has 0 aromatic rings. The van der Waals surface area contributed by atoms with Crippen LogP contribution in [0.3, 0.4) is 0 Å². The zero-order valence-electron chi connectivity index (χ0n) is 9.30. The number of piperidine rings is 1. The topological polar surface area (TPSA) is 49.3 Å². The normalized spacial score (nSPS) is 36.7. The Morgan fingerprint density at radius 1 is 1.33 bits per heavy atom. The van der Waals surface area contributed by atoms with Crippen molar-refractivity contribution in [3.63, 3.8) is 0 Å². The molecule has 2 fully saturated rings. The second kappa shape index (κ2) is 4.52. The van der Waals surface area contributed by atoms with E-state index in [0.29, 0.717) is 17.8 Å². The Balaban J connectivity index is 1.82. The van der Waals surface area contributed by atoms with E-state index in [4.69, 9.17) is 5.11 Å². The van der Waals surface area contributed by atoms with Crippen LogP contribution in [0.15, 0.2) is 0 Å². The third kappa shape index (κ3) is 2.71. The monoisotopic (exact) mass is 211 g/mol. The van der Waals surface area contributed by atoms with Gasteiger partial charge in [0.15, 0.2) is 0 Å². The summed E-state index contributed by atoms with van der Waals surface area (Å²) in [5.41, 5.74) is 0.521. The summed E-state index contributed by atoms with van der Waals surface area (Å²) in [6.07, 6.45) is 7.73. The van der Waals surface area contributed by atoms with Crippen molar-refractivity contribution in [3.8, 4) is 0 Å². The number of carboxylic acids is 1. The summed E-state index contributed by atoms with van der Waals surface area (Å²) >= 11 is 0. The molecule has 0 aromatic carbocycles. The molecule has 15 heavy (non-hydrogen) atoms. The molecule has 1 saturated heterocycles. The number of carbonyl (C=O) groups is 1. The van der Waals surface area contributed by atoms with Crippen LogP contribution in [-0.4, -0.2) is 24.2 Å². The molecular formula is C12H21NO2. The fraction of sp³-hybridized carbons (Fsp3) is 0.917. The van der Waals surface area contributed by atoms with Gasteiger partial charge in [0.2, 0.25) is 0 Å². The van der Waals surface area contributed by atoms with Crippen molar-refractivity contribution >= 4 is 5.97 Å². The first kappa shape index (κ1) is 10.9. The van der Waals surface area contributed by atoms with Crippen LogP contribution in [0.5, 0.6) is 0 Å². The van der Waals surface area contributed by atoms with Gasteiger partial charge in [-0.25, -0.2) is 0 Å². The average molecular weight is 211 g/mol. The van der Waals surface area contributed by atoms with Crippen molar-refractivity contribution in [2.75, 3.05) is 13.1 Å². The minimum absolute atomic E-state index is 0.378. The zero-order valence-corrected chi connectivity index (χ0v) is 9.30. The van der Waals surface area contributed by atoms with Crippen molar-refractivity contribution in [2.45, 2.75) is 44.9 Å². The number of rotatable bonds is 2. The Kier molecular flexibility index (Phi) is 3.29. The van der Waals surface area contributed by atoms with Crippen LogP contribution in [0.25, 0.3) is 0 Å². The van der Waals surface area contributed by atoms with Gasteiger partial charge in [0.05, 0.1) is 0 Å². The molecule has 3 nitrogen and oxygen atoms in total. The maximum Gasteiger partial charge on any atom is 0.303 e. The molecule has 0 atom stereocenters. The highest BCUT2D eigenvalue weighted by atomic mass is 16.4. The lowest BCUT2D eigenvalue weighted by Crippen LogP contribution is -2.42. The van der Waals surface area contributed by atoms with Crippen LogP contribution in [0, 0.1) is 11.3 Å². The highest BCUT2D eigenvalue weighted by molar-refractivity contribution is 5.67. The molecule has 1 saturated carbocycles. The predicted octanol–water partition coefficient (Wildman–Crippen LogP) is 2.02. The maximum absolute atomic E-state index is 10.6. The van der Waals surface area contributed by atoms with E-state index in [0.717, 1.165) is 19.4 Å². The summed E-state index contributed by atoms with van der Waals surface area (Å²) in [4.78, 5) is 10.6. The Bertz CT molecular complexity index is 224. The molecule has 3 heteroatoms. The van der Waals surface area contributed by atoms with E-state index in [9.17, 15) is 4.79 Å². The number of hydrogen-bond donors (Lipinski definition) is 2. The van der Waals surface area contributed by atoms with Gasteiger partial charge in [-0.05, 0) is 56.4 Å². The van der Waals surface area contributed by atoms with E-state index in [-0.39, 0.29) is 0 Å². The van der Waals surface area contributed by atoms with Crippen molar-refractivity contribution in [3.05, 3.63) is 0 Å². The molecule has 0 bridgehead atoms. The van der Waals surface area contributed by atoms with E-state index < -0.39 is 5.97 Å². The summed E-state index contributed by atoms with van der Waals surface area (Å²) in [6, 6.07) is 0. The predicted molar refractivity (Wildman–Crippen MR) is 58.7 cm³/mol. The minimum atomic E-state index is -0.627. The Morgan fingerprint density at radius 2 is 2.07 bits per heavy atom. The largest absolute Gasteiger partial charge is 0.481 e. The number of aliphatic carboxylic acids is 1. The third-order valence-corrected chi connectivity index (χ3v) is 4.19. The van der Waals surface area contributed by atoms with Crippen molar-refractivity contribution in [2.24, 2.45) is 11.3 Å². The summed E-state index contributed by atoms with van der Waals surface area (Å²) < 4.78 is 0. The van der Waals surface area contributed by atoms with E-state index >= 15 is 0 Å². The Morgan fingerprint density at radius 3 is 2.60 bits per heavy atom. The van der Waals surface area contributed by atoms with Crippen LogP contribution < -0.4 is 5.32 Å². The molecule has 86 valence electrons. The van der Waals surface area contributed by atoms with Crippen LogP contribution in [0.4, 0.5) is 0 Å². The summed E-state index contributed by atoms with van der Waals surface area (Å²) in [6.45, 7) is 2.33. The number of nitrogens with one attached hydrogen (secondary N) is 1. The van der Waals surface area contributed by atoms with Crippen LogP contribution in [-0.2, 0) is 4.79 Å². The lowest BCUT2D eigenvalue weighted by Gasteiger charge is -2.43. The van der Waals surface area contributed by atoms with Gasteiger partial charge in [-0.1, -0.05) is 0 Å². The SMILES string of the molecule is O=C(O)CC1CCC2(CCCNC2)CC1. The smallest absolute Gasteiger partial charge is 0.303 e. The molecular weight excluding hydrogens is 190 g/mol. The van der Waals surface area contributed by atoms with Gasteiger partial charge in [-0.2, -0.15) is 0 Å². The molecule has 0 amide bonds. The van der Waals surface area contributed by atoms with Crippen molar-refractivity contribution in [1.82, 2.24) is 5.32 Å². The van der Waals surface area contributed by atoms with Gasteiger partial charge in [0.1, 0.15) is 0 Å². The summed E-state index contributed by atoms with van der Waals surface area (Å²) in [5.74, 6) is -0.187. The van der Waals surface area contributed by atoms with E-state index in [1.807, 2.05) is 0 Å². The molecule has 1 spiro atoms. The van der Waals surface area contributed by atoms with Crippen molar-refractivity contribution < 1.29 is 9.90 Å². The van der Waals surface area contributed by atoms with Gasteiger partial charge in [-0.3, -0.25) is 4.79 Å². The van der Waals surface area contributed by atoms with Gasteiger partial charge in [0.25, 0.3) is 0 Å². The molecule has 0 aromatic heterocycles. The molecule has 1 aliphatic heterocycles. The van der Waals surface area contributed by atoms with Crippen LogP contribution in [0.1, 0.15) is 44.9 Å². The van der Waals surface area contributed by atoms with Gasteiger partial charge >= 0.3 is 5.97 Å². The Hall–Kier alpha value is -0.570. The molecule has 2 aliphatic rings. The second-order valence-corrected chi connectivity index (χ2v) is 5.32. The lowest BCUT2D eigenvalue weighted by atomic mass is 9.66. The average Bonchev–Trinajstić information content (AvgIpc) is 2.23. The standard InChI is InChI=1S/C12H21NO2/c14-11(15)8-10-2-5-12(6-3-10)4-1-7-13-9-12/h10,13H,1-9H2,(H,14,15). The molecule has 0 radical (unpaired) electrons. The summed E-state index contributed by atoms with van der Waals surface area (Å²) in [7, 11) is 0. The van der Waals surface area contributed by atoms with E-state index in [2.05, 4.69) is 5.32 Å². The number of hydrogen-bond acceptors (Lipinski definition) is 2. The second-order valence-electron chi connectivity index (χ2n) is 5.32. The Labute approximate surface area is 91.2 Å². The first-order chi connectivity index (χ1) is 7.20. The maximum atomic E-state index is 10.6. The molecule has 2 rings (SSSR count). The van der Waals surface area contributed by atoms with Crippen molar-refractivity contribution in [1.29, 1.82) is 0 Å². The van der Waals surface area contributed by atoms with E-state index in [1.165, 1.54) is 32.2 Å². The highest BCUT2D eigenvalue weighted by Gasteiger charge is 2.36. The van der Waals surface area contributed by atoms with Crippen LogP contribution in [0.2, 0.25) is 0 Å². The third-order valence-electron chi connectivity index (χ3n) is 4.19. The number of carboxylic acid groups (broad SMARTS) is 1. The minimum Gasteiger partial charge on any atom is -0.481 e. The first-order valence-corrected chi connectivity index (χ1v) is 6.13. The lowest BCUT2D eigenvalue weighted by molar-refractivity contribution is -0.138. The quantitative estimate of drug-likeness (QED) is 0.734. The first-order valence-electron chi connectivity index (χ1n) is 6.13. The molecule has 2 N–H and O–H groups in total. The fourth-order valence-corrected chi connectivity index (χ4v) is 3.20. The van der Waals surface area contributed by atoms with Gasteiger partial charge < -0.3 is 10.4 Å². The molecule has 1 heterocycles. The van der Waals surface area contributed by atoms with Gasteiger partial charge in [0, 0.05) is 13.0 Å².